The lowest BCUT2D eigenvalue weighted by atomic mass is 9.84. The van der Waals surface area contributed by atoms with E-state index in [4.69, 9.17) is 9.15 Å². The monoisotopic (exact) mass is 412 g/mol. The number of fused-ring (bicyclic) bond motifs is 4. The van der Waals surface area contributed by atoms with Crippen molar-refractivity contribution in [1.29, 1.82) is 0 Å². The van der Waals surface area contributed by atoms with Crippen LogP contribution in [0.4, 0.5) is 0 Å². The lowest BCUT2D eigenvalue weighted by molar-refractivity contribution is 0.0607. The minimum atomic E-state index is -0.124. The maximum atomic E-state index is 12.9. The highest BCUT2D eigenvalue weighted by molar-refractivity contribution is 6.00. The van der Waals surface area contributed by atoms with E-state index in [0.29, 0.717) is 17.3 Å². The van der Waals surface area contributed by atoms with Gasteiger partial charge in [0.2, 0.25) is 0 Å². The van der Waals surface area contributed by atoms with Crippen LogP contribution < -0.4 is 10.1 Å². The molecule has 0 saturated carbocycles. The molecule has 3 saturated heterocycles. The number of furan rings is 1. The number of hydrogen-bond acceptors (Lipinski definition) is 4. The van der Waals surface area contributed by atoms with E-state index in [1.165, 1.54) is 12.8 Å². The normalized spacial score (nSPS) is 22.9. The van der Waals surface area contributed by atoms with E-state index in [1.807, 2.05) is 48.5 Å². The number of carbonyl (C=O) groups excluding carboxylic acids is 1. The first kappa shape index (κ1) is 19.8. The van der Waals surface area contributed by atoms with E-state index in [1.54, 1.807) is 7.11 Å². The number of carbonyl (C=O) groups is 1. The largest absolute Gasteiger partial charge is 0.496 e. The third-order valence-electron chi connectivity index (χ3n) is 6.14. The summed E-state index contributed by atoms with van der Waals surface area (Å²) < 4.78 is 11.6. The molecule has 3 fully saturated rings. The highest BCUT2D eigenvalue weighted by atomic mass is 35.5. The van der Waals surface area contributed by atoms with E-state index in [2.05, 4.69) is 10.2 Å². The van der Waals surface area contributed by atoms with Gasteiger partial charge in [0.1, 0.15) is 11.3 Å². The lowest BCUT2D eigenvalue weighted by Gasteiger charge is -2.44. The Balaban J connectivity index is 0.00000205. The molecule has 2 bridgehead atoms. The van der Waals surface area contributed by atoms with Crippen LogP contribution in [0.5, 0.6) is 5.75 Å². The molecule has 0 aliphatic carbocycles. The highest BCUT2D eigenvalue weighted by Gasteiger charge is 2.35. The van der Waals surface area contributed by atoms with Crippen LogP contribution in [-0.4, -0.2) is 43.6 Å². The van der Waals surface area contributed by atoms with Crippen molar-refractivity contribution in [3.63, 3.8) is 0 Å². The van der Waals surface area contributed by atoms with Crippen molar-refractivity contribution >= 4 is 29.3 Å². The van der Waals surface area contributed by atoms with E-state index in [0.717, 1.165) is 41.9 Å². The first-order valence-electron chi connectivity index (χ1n) is 9.92. The molecule has 3 aliphatic rings. The first-order valence-corrected chi connectivity index (χ1v) is 9.92. The van der Waals surface area contributed by atoms with Gasteiger partial charge < -0.3 is 19.4 Å². The van der Waals surface area contributed by atoms with Gasteiger partial charge in [-0.2, -0.15) is 0 Å². The average molecular weight is 413 g/mol. The minimum absolute atomic E-state index is 0. The van der Waals surface area contributed by atoms with Crippen LogP contribution in [0.3, 0.4) is 0 Å². The Hall–Kier alpha value is -2.50. The number of ether oxygens (including phenoxy) is 1. The van der Waals surface area contributed by atoms with Crippen molar-refractivity contribution in [2.24, 2.45) is 5.92 Å². The summed E-state index contributed by atoms with van der Waals surface area (Å²) in [6.45, 7) is 3.26. The molecule has 1 atom stereocenters. The van der Waals surface area contributed by atoms with Gasteiger partial charge in [-0.15, -0.1) is 12.4 Å². The number of piperidine rings is 3. The maximum absolute atomic E-state index is 12.9. The topological polar surface area (TPSA) is 54.7 Å². The van der Waals surface area contributed by atoms with Crippen LogP contribution in [0.25, 0.3) is 22.1 Å². The highest BCUT2D eigenvalue weighted by Crippen LogP contribution is 2.36. The summed E-state index contributed by atoms with van der Waals surface area (Å²) in [5.74, 6) is 1.61. The summed E-state index contributed by atoms with van der Waals surface area (Å²) >= 11 is 0. The van der Waals surface area contributed by atoms with E-state index in [-0.39, 0.29) is 24.4 Å². The number of amides is 1. The first-order chi connectivity index (χ1) is 13.7. The standard InChI is InChI=1S/C23H24N2O3.ClH/c1-27-20-8-3-2-6-17(20)18-7-4-5-16-13-21(28-22(16)18)23(26)24-19-14-25-11-9-15(19)10-12-25;/h2-8,13,15,19H,9-12,14H2,1H3,(H,24,26);1H/t19-;/m0./s1. The molecule has 0 unspecified atom stereocenters. The molecule has 3 aliphatic heterocycles. The number of hydrogen-bond donors (Lipinski definition) is 1. The zero-order valence-electron chi connectivity index (χ0n) is 16.4. The maximum Gasteiger partial charge on any atom is 0.287 e. The molecule has 1 amide bonds. The van der Waals surface area contributed by atoms with Gasteiger partial charge in [0.05, 0.1) is 7.11 Å². The fraction of sp³-hybridized carbons (Fsp3) is 0.348. The smallest absolute Gasteiger partial charge is 0.287 e. The molecular weight excluding hydrogens is 388 g/mol. The Bertz CT molecular complexity index is 1020. The molecule has 0 spiro atoms. The third kappa shape index (κ3) is 3.61. The van der Waals surface area contributed by atoms with Crippen molar-refractivity contribution in [3.8, 4) is 16.9 Å². The number of nitrogens with one attached hydrogen (secondary N) is 1. The van der Waals surface area contributed by atoms with Gasteiger partial charge in [-0.3, -0.25) is 4.79 Å². The average Bonchev–Trinajstić information content (AvgIpc) is 3.19. The van der Waals surface area contributed by atoms with E-state index in [9.17, 15) is 4.79 Å². The molecule has 1 aromatic heterocycles. The molecule has 6 rings (SSSR count). The summed E-state index contributed by atoms with van der Waals surface area (Å²) in [6, 6.07) is 15.9. The molecule has 3 aromatic rings. The van der Waals surface area contributed by atoms with E-state index >= 15 is 0 Å². The number of nitrogens with zero attached hydrogens (tertiary/aromatic N) is 1. The van der Waals surface area contributed by atoms with Gasteiger partial charge >= 0.3 is 0 Å². The van der Waals surface area contributed by atoms with Gasteiger partial charge in [0.25, 0.3) is 5.91 Å². The Kier molecular flexibility index (Phi) is 5.52. The molecular formula is C23H25ClN2O3. The van der Waals surface area contributed by atoms with E-state index < -0.39 is 0 Å². The summed E-state index contributed by atoms with van der Waals surface area (Å²) in [4.78, 5) is 15.3. The second-order valence-electron chi connectivity index (χ2n) is 7.75. The predicted molar refractivity (Wildman–Crippen MR) is 116 cm³/mol. The van der Waals surface area contributed by atoms with Crippen molar-refractivity contribution in [1.82, 2.24) is 10.2 Å². The third-order valence-corrected chi connectivity index (χ3v) is 6.14. The quantitative estimate of drug-likeness (QED) is 0.692. The van der Waals surface area contributed by atoms with Crippen molar-refractivity contribution in [2.45, 2.75) is 18.9 Å². The summed E-state index contributed by atoms with van der Waals surface area (Å²) in [6.07, 6.45) is 2.34. The second-order valence-corrected chi connectivity index (χ2v) is 7.75. The predicted octanol–water partition coefficient (Wildman–Crippen LogP) is 4.35. The fourth-order valence-electron chi connectivity index (χ4n) is 4.62. The van der Waals surface area contributed by atoms with Gasteiger partial charge in [-0.25, -0.2) is 0 Å². The fourth-order valence-corrected chi connectivity index (χ4v) is 4.62. The Morgan fingerprint density at radius 2 is 1.86 bits per heavy atom. The molecule has 5 nitrogen and oxygen atoms in total. The zero-order chi connectivity index (χ0) is 19.1. The Morgan fingerprint density at radius 3 is 2.59 bits per heavy atom. The van der Waals surface area contributed by atoms with Crippen molar-refractivity contribution in [3.05, 3.63) is 54.3 Å². The van der Waals surface area contributed by atoms with Crippen LogP contribution in [0, 0.1) is 5.92 Å². The van der Waals surface area contributed by atoms with Crippen LogP contribution in [-0.2, 0) is 0 Å². The second kappa shape index (κ2) is 8.09. The van der Waals surface area contributed by atoms with Crippen LogP contribution >= 0.6 is 12.4 Å². The van der Waals surface area contributed by atoms with Crippen molar-refractivity contribution < 1.29 is 13.9 Å². The van der Waals surface area contributed by atoms with Gasteiger partial charge in [-0.1, -0.05) is 36.4 Å². The number of methoxy groups -OCH3 is 1. The van der Waals surface area contributed by atoms with Crippen molar-refractivity contribution in [2.75, 3.05) is 26.7 Å². The summed E-state index contributed by atoms with van der Waals surface area (Å²) in [5, 5.41) is 4.13. The van der Waals surface area contributed by atoms with Gasteiger partial charge in [-0.05, 0) is 44.0 Å². The summed E-state index contributed by atoms with van der Waals surface area (Å²) in [7, 11) is 1.66. The SMILES string of the molecule is COc1ccccc1-c1cccc2cc(C(=O)N[C@H]3CN4CCC3CC4)oc12.Cl. The molecule has 0 radical (unpaired) electrons. The lowest BCUT2D eigenvalue weighted by Crippen LogP contribution is -2.57. The molecule has 4 heterocycles. The number of benzene rings is 2. The number of rotatable bonds is 4. The van der Waals surface area contributed by atoms with Crippen LogP contribution in [0.1, 0.15) is 23.4 Å². The zero-order valence-corrected chi connectivity index (χ0v) is 17.2. The minimum Gasteiger partial charge on any atom is -0.496 e. The van der Waals surface area contributed by atoms with Crippen LogP contribution in [0.15, 0.2) is 52.9 Å². The van der Waals surface area contributed by atoms with Gasteiger partial charge in [0.15, 0.2) is 5.76 Å². The molecule has 2 aromatic carbocycles. The molecule has 6 heteroatoms. The summed E-state index contributed by atoms with van der Waals surface area (Å²) in [5.41, 5.74) is 2.59. The Labute approximate surface area is 176 Å². The number of para-hydroxylation sites is 2. The molecule has 1 N–H and O–H groups in total. The molecule has 29 heavy (non-hydrogen) atoms. The van der Waals surface area contributed by atoms with Gasteiger partial charge in [0, 0.05) is 29.1 Å². The molecule has 152 valence electrons. The Morgan fingerprint density at radius 1 is 1.10 bits per heavy atom. The van der Waals surface area contributed by atoms with Crippen LogP contribution in [0.2, 0.25) is 0 Å². The number of halogens is 1.